The minimum atomic E-state index is -3.80. The molecule has 1 aliphatic rings. The van der Waals surface area contributed by atoms with E-state index in [1.165, 1.54) is 3.97 Å². The van der Waals surface area contributed by atoms with E-state index in [0.717, 1.165) is 47.8 Å². The first-order valence-electron chi connectivity index (χ1n) is 11.6. The van der Waals surface area contributed by atoms with Gasteiger partial charge in [0, 0.05) is 54.7 Å². The molecule has 1 aliphatic carbocycles. The van der Waals surface area contributed by atoms with Crippen LogP contribution in [0.2, 0.25) is 0 Å². The highest BCUT2D eigenvalue weighted by molar-refractivity contribution is 7.90. The summed E-state index contributed by atoms with van der Waals surface area (Å²) in [5.41, 5.74) is 3.21. The van der Waals surface area contributed by atoms with Crippen molar-refractivity contribution in [2.24, 2.45) is 7.05 Å². The fraction of sp³-hybridized carbons (Fsp3) is 0.360. The van der Waals surface area contributed by atoms with Crippen LogP contribution in [0.3, 0.4) is 0 Å². The van der Waals surface area contributed by atoms with Crippen LogP contribution in [0.4, 0.5) is 0 Å². The van der Waals surface area contributed by atoms with Gasteiger partial charge in [-0.05, 0) is 55.4 Å². The molecule has 1 fully saturated rings. The molecule has 0 amide bonds. The highest BCUT2D eigenvalue weighted by atomic mass is 32.2. The van der Waals surface area contributed by atoms with Crippen molar-refractivity contribution >= 4 is 21.1 Å². The van der Waals surface area contributed by atoms with Gasteiger partial charge in [-0.1, -0.05) is 18.2 Å². The normalized spacial score (nSPS) is 19.0. The average Bonchev–Trinajstić information content (AvgIpc) is 3.47. The summed E-state index contributed by atoms with van der Waals surface area (Å²) in [7, 11) is -1.96. The number of aryl methyl sites for hydroxylation is 1. The van der Waals surface area contributed by atoms with E-state index in [-0.39, 0.29) is 11.5 Å². The Bertz CT molecular complexity index is 1390. The first-order valence-corrected chi connectivity index (χ1v) is 13.1. The number of aliphatic hydroxyl groups is 1. The van der Waals surface area contributed by atoms with Gasteiger partial charge in [0.2, 0.25) is 0 Å². The van der Waals surface area contributed by atoms with Crippen LogP contribution in [0.15, 0.2) is 66.1 Å². The van der Waals surface area contributed by atoms with Gasteiger partial charge < -0.3 is 10.4 Å². The van der Waals surface area contributed by atoms with Crippen LogP contribution in [0.25, 0.3) is 22.2 Å². The van der Waals surface area contributed by atoms with E-state index in [4.69, 9.17) is 5.11 Å². The van der Waals surface area contributed by atoms with Crippen LogP contribution >= 0.6 is 0 Å². The Morgan fingerprint density at radius 1 is 1.09 bits per heavy atom. The molecule has 5 rings (SSSR count). The van der Waals surface area contributed by atoms with Gasteiger partial charge in [0.15, 0.2) is 5.65 Å². The quantitative estimate of drug-likeness (QED) is 0.422. The third kappa shape index (κ3) is 4.26. The van der Waals surface area contributed by atoms with Crippen molar-refractivity contribution in [3.05, 3.63) is 66.7 Å². The number of aromatic nitrogens is 4. The topological polar surface area (TPSA) is 102 Å². The van der Waals surface area contributed by atoms with E-state index in [1.54, 1.807) is 47.4 Å². The molecule has 0 aliphatic heterocycles. The molecule has 8 nitrogen and oxygen atoms in total. The number of nitrogens with one attached hydrogen (secondary N) is 1. The van der Waals surface area contributed by atoms with Gasteiger partial charge >= 0.3 is 0 Å². The van der Waals surface area contributed by atoms with Crippen molar-refractivity contribution in [1.82, 2.24) is 24.1 Å². The molecule has 3 heterocycles. The van der Waals surface area contributed by atoms with Crippen LogP contribution in [-0.4, -0.2) is 51.5 Å². The van der Waals surface area contributed by atoms with Crippen molar-refractivity contribution in [2.45, 2.75) is 42.5 Å². The second kappa shape index (κ2) is 9.32. The lowest BCUT2D eigenvalue weighted by Gasteiger charge is -2.29. The molecule has 4 aromatic rings. The van der Waals surface area contributed by atoms with E-state index >= 15 is 0 Å². The number of hydrogen-bond donors (Lipinski definition) is 2. The second-order valence-electron chi connectivity index (χ2n) is 8.93. The highest BCUT2D eigenvalue weighted by Gasteiger charge is 2.26. The molecular weight excluding hydrogens is 450 g/mol. The molecule has 3 aromatic heterocycles. The Morgan fingerprint density at radius 3 is 2.53 bits per heavy atom. The molecule has 34 heavy (non-hydrogen) atoms. The minimum absolute atomic E-state index is 0.153. The van der Waals surface area contributed by atoms with Crippen LogP contribution in [0.1, 0.15) is 37.2 Å². The van der Waals surface area contributed by atoms with E-state index in [9.17, 15) is 8.42 Å². The Labute approximate surface area is 199 Å². The third-order valence-corrected chi connectivity index (χ3v) is 8.36. The van der Waals surface area contributed by atoms with Crippen LogP contribution in [0.5, 0.6) is 0 Å². The van der Waals surface area contributed by atoms with Crippen molar-refractivity contribution < 1.29 is 13.5 Å². The Morgan fingerprint density at radius 2 is 1.85 bits per heavy atom. The van der Waals surface area contributed by atoms with Crippen molar-refractivity contribution in [2.75, 3.05) is 13.2 Å². The molecule has 1 aromatic carbocycles. The SMILES string of the molecule is Cn1cc(-c2cn(S(=O)(=O)c3ccccc3)c3ncc([C@H]4CC[C@@H](NCCO)CC4)cc23)cn1. The lowest BCUT2D eigenvalue weighted by Crippen LogP contribution is -2.34. The molecule has 1 saturated carbocycles. The predicted octanol–water partition coefficient (Wildman–Crippen LogP) is 3.28. The van der Waals surface area contributed by atoms with Gasteiger partial charge in [-0.3, -0.25) is 4.68 Å². The van der Waals surface area contributed by atoms with E-state index in [1.807, 2.05) is 19.4 Å². The number of nitrogens with zero attached hydrogens (tertiary/aromatic N) is 4. The average molecular weight is 480 g/mol. The molecular formula is C25H29N5O3S. The molecule has 0 bridgehead atoms. The highest BCUT2D eigenvalue weighted by Crippen LogP contribution is 2.37. The fourth-order valence-electron chi connectivity index (χ4n) is 4.90. The number of fused-ring (bicyclic) bond motifs is 1. The Balaban J connectivity index is 1.56. The van der Waals surface area contributed by atoms with Gasteiger partial charge in [-0.2, -0.15) is 5.10 Å². The standard InChI is InChI=1S/C25H29N5O3S/c1-29-16-20(15-28-29)24-17-30(34(32,33)22-5-3-2-4-6-22)25-23(24)13-19(14-27-25)18-7-9-21(10-8-18)26-11-12-31/h2-6,13-18,21,26,31H,7-12H2,1H3/t18-,21+. The molecule has 9 heteroatoms. The summed E-state index contributed by atoms with van der Waals surface area (Å²) >= 11 is 0. The van der Waals surface area contributed by atoms with Crippen LogP contribution in [-0.2, 0) is 17.1 Å². The lowest BCUT2D eigenvalue weighted by molar-refractivity contribution is 0.267. The van der Waals surface area contributed by atoms with E-state index in [2.05, 4.69) is 21.5 Å². The maximum atomic E-state index is 13.5. The zero-order valence-corrected chi connectivity index (χ0v) is 19.9. The second-order valence-corrected chi connectivity index (χ2v) is 10.7. The van der Waals surface area contributed by atoms with Gasteiger partial charge in [0.1, 0.15) is 0 Å². The molecule has 0 atom stereocenters. The van der Waals surface area contributed by atoms with Crippen molar-refractivity contribution in [3.63, 3.8) is 0 Å². The fourth-order valence-corrected chi connectivity index (χ4v) is 6.24. The molecule has 0 saturated heterocycles. The summed E-state index contributed by atoms with van der Waals surface area (Å²) in [6.07, 6.45) is 11.3. The zero-order chi connectivity index (χ0) is 23.7. The minimum Gasteiger partial charge on any atom is -0.395 e. The molecule has 0 unspecified atom stereocenters. The maximum Gasteiger partial charge on any atom is 0.269 e. The van der Waals surface area contributed by atoms with Crippen molar-refractivity contribution in [3.8, 4) is 11.1 Å². The summed E-state index contributed by atoms with van der Waals surface area (Å²) in [6, 6.07) is 11.0. The molecule has 2 N–H and O–H groups in total. The van der Waals surface area contributed by atoms with Gasteiger partial charge in [-0.15, -0.1) is 0 Å². The van der Waals surface area contributed by atoms with Gasteiger partial charge in [0.05, 0.1) is 17.7 Å². The smallest absolute Gasteiger partial charge is 0.269 e. The van der Waals surface area contributed by atoms with Gasteiger partial charge in [0.25, 0.3) is 10.0 Å². The summed E-state index contributed by atoms with van der Waals surface area (Å²) in [4.78, 5) is 4.90. The number of rotatable bonds is 7. The number of pyridine rings is 1. The summed E-state index contributed by atoms with van der Waals surface area (Å²) in [5.74, 6) is 0.375. The van der Waals surface area contributed by atoms with Gasteiger partial charge in [-0.25, -0.2) is 17.4 Å². The number of benzene rings is 1. The monoisotopic (exact) mass is 479 g/mol. The predicted molar refractivity (Wildman–Crippen MR) is 131 cm³/mol. The summed E-state index contributed by atoms with van der Waals surface area (Å²) in [5, 5.41) is 17.6. The Hall–Kier alpha value is -3.01. The lowest BCUT2D eigenvalue weighted by atomic mass is 9.82. The van der Waals surface area contributed by atoms with E-state index < -0.39 is 10.0 Å². The summed E-state index contributed by atoms with van der Waals surface area (Å²) in [6.45, 7) is 0.779. The van der Waals surface area contributed by atoms with E-state index in [0.29, 0.717) is 24.2 Å². The van der Waals surface area contributed by atoms with Crippen molar-refractivity contribution in [1.29, 1.82) is 0 Å². The molecule has 0 radical (unpaired) electrons. The first kappa shape index (κ1) is 22.8. The molecule has 178 valence electrons. The molecule has 0 spiro atoms. The number of hydrogen-bond acceptors (Lipinski definition) is 6. The maximum absolute atomic E-state index is 13.5. The van der Waals surface area contributed by atoms with Crippen LogP contribution < -0.4 is 5.32 Å². The largest absolute Gasteiger partial charge is 0.395 e. The summed E-state index contributed by atoms with van der Waals surface area (Å²) < 4.78 is 30.0. The van der Waals surface area contributed by atoms with Crippen LogP contribution in [0, 0.1) is 0 Å². The third-order valence-electron chi connectivity index (χ3n) is 6.69. The zero-order valence-electron chi connectivity index (χ0n) is 19.1. The Kier molecular flexibility index (Phi) is 6.24. The number of aliphatic hydroxyl groups excluding tert-OH is 1. The first-order chi connectivity index (χ1) is 16.5.